The van der Waals surface area contributed by atoms with Gasteiger partial charge in [-0.1, -0.05) is 25.1 Å². The first-order valence-electron chi connectivity index (χ1n) is 8.01. The number of nitrogens with zero attached hydrogens (tertiary/aromatic N) is 1. The van der Waals surface area contributed by atoms with E-state index in [0.717, 1.165) is 21.8 Å². The number of benzene rings is 1. The van der Waals surface area contributed by atoms with E-state index < -0.39 is 23.4 Å². The van der Waals surface area contributed by atoms with Crippen LogP contribution in [0.4, 0.5) is 10.5 Å². The molecule has 2 N–H and O–H groups in total. The third-order valence-corrected chi connectivity index (χ3v) is 5.30. The summed E-state index contributed by atoms with van der Waals surface area (Å²) in [5.74, 6) is -0.829. The third-order valence-electron chi connectivity index (χ3n) is 4.21. The lowest BCUT2D eigenvalue weighted by molar-refractivity contribution is -0.133. The zero-order valence-corrected chi connectivity index (χ0v) is 14.9. The summed E-state index contributed by atoms with van der Waals surface area (Å²) < 4.78 is 0. The van der Waals surface area contributed by atoms with Gasteiger partial charge in [0.05, 0.1) is 0 Å². The molecule has 4 amide bonds. The van der Waals surface area contributed by atoms with Crippen molar-refractivity contribution in [2.45, 2.75) is 25.8 Å². The first-order valence-corrected chi connectivity index (χ1v) is 8.89. The Morgan fingerprint density at radius 2 is 2.08 bits per heavy atom. The topological polar surface area (TPSA) is 78.5 Å². The van der Waals surface area contributed by atoms with E-state index >= 15 is 0 Å². The second kappa shape index (κ2) is 6.68. The summed E-state index contributed by atoms with van der Waals surface area (Å²) in [5.41, 5.74) is 0.628. The third kappa shape index (κ3) is 3.28. The highest BCUT2D eigenvalue weighted by Crippen LogP contribution is 2.31. The second-order valence-corrected chi connectivity index (χ2v) is 6.97. The van der Waals surface area contributed by atoms with Crippen LogP contribution in [0.1, 0.15) is 24.3 Å². The molecule has 0 spiro atoms. The number of hydrogen-bond donors (Lipinski definition) is 2. The molecule has 0 bridgehead atoms. The van der Waals surface area contributed by atoms with E-state index in [9.17, 15) is 14.4 Å². The van der Waals surface area contributed by atoms with E-state index in [2.05, 4.69) is 10.6 Å². The average Bonchev–Trinajstić information content (AvgIpc) is 3.20. The molecule has 1 saturated heterocycles. The fourth-order valence-electron chi connectivity index (χ4n) is 2.78. The number of carbonyl (C=O) groups excluding carboxylic acids is 3. The Bertz CT molecular complexity index is 819. The molecule has 25 heavy (non-hydrogen) atoms. The quantitative estimate of drug-likeness (QED) is 0.808. The predicted molar refractivity (Wildman–Crippen MR) is 96.4 cm³/mol. The number of rotatable bonds is 5. The molecular formula is C18H19N3O3S. The molecule has 1 aromatic carbocycles. The van der Waals surface area contributed by atoms with Gasteiger partial charge in [0.25, 0.3) is 5.91 Å². The molecule has 130 valence electrons. The maximum Gasteiger partial charge on any atom is 0.325 e. The molecule has 0 saturated carbocycles. The Kier molecular flexibility index (Phi) is 4.59. The molecule has 2 heterocycles. The summed E-state index contributed by atoms with van der Waals surface area (Å²) in [7, 11) is 0. The van der Waals surface area contributed by atoms with Crippen molar-refractivity contribution in [3.63, 3.8) is 0 Å². The molecule has 6 nitrogen and oxygen atoms in total. The van der Waals surface area contributed by atoms with Crippen molar-refractivity contribution in [2.75, 3.05) is 11.9 Å². The summed E-state index contributed by atoms with van der Waals surface area (Å²) in [5, 5.41) is 7.27. The number of urea groups is 1. The molecule has 1 atom stereocenters. The standard InChI is InChI=1S/C18H19N3O3S/c1-3-12-6-4-7-13(10-12)19-15(22)11-21-16(23)18(2,20-17(21)24)14-8-5-9-25-14/h4-10H,3,11H2,1-2H3,(H,19,22)(H,20,24). The van der Waals surface area contributed by atoms with Crippen molar-refractivity contribution in [1.82, 2.24) is 10.2 Å². The summed E-state index contributed by atoms with van der Waals surface area (Å²) >= 11 is 1.39. The van der Waals surface area contributed by atoms with Gasteiger partial charge in [0, 0.05) is 10.6 Å². The Morgan fingerprint density at radius 3 is 2.76 bits per heavy atom. The largest absolute Gasteiger partial charge is 0.325 e. The second-order valence-electron chi connectivity index (χ2n) is 6.03. The van der Waals surface area contributed by atoms with Crippen LogP contribution in [0.15, 0.2) is 41.8 Å². The van der Waals surface area contributed by atoms with E-state index in [0.29, 0.717) is 5.69 Å². The van der Waals surface area contributed by atoms with Crippen molar-refractivity contribution < 1.29 is 14.4 Å². The number of aryl methyl sites for hydroxylation is 1. The Hall–Kier alpha value is -2.67. The van der Waals surface area contributed by atoms with Crippen molar-refractivity contribution in [3.05, 3.63) is 52.2 Å². The number of imide groups is 1. The van der Waals surface area contributed by atoms with Crippen LogP contribution in [0.3, 0.4) is 0 Å². The average molecular weight is 357 g/mol. The van der Waals surface area contributed by atoms with Crippen LogP contribution in [-0.4, -0.2) is 29.3 Å². The lowest BCUT2D eigenvalue weighted by Crippen LogP contribution is -2.41. The minimum absolute atomic E-state index is 0.317. The monoisotopic (exact) mass is 357 g/mol. The molecule has 2 aromatic rings. The molecule has 7 heteroatoms. The van der Waals surface area contributed by atoms with Gasteiger partial charge in [-0.25, -0.2) is 4.79 Å². The number of amides is 4. The van der Waals surface area contributed by atoms with Crippen LogP contribution in [-0.2, 0) is 21.5 Å². The Balaban J connectivity index is 1.71. The van der Waals surface area contributed by atoms with Gasteiger partial charge >= 0.3 is 6.03 Å². The highest BCUT2D eigenvalue weighted by atomic mass is 32.1. The number of nitrogens with one attached hydrogen (secondary N) is 2. The Labute approximate surface area is 149 Å². The van der Waals surface area contributed by atoms with E-state index in [1.165, 1.54) is 11.3 Å². The van der Waals surface area contributed by atoms with Gasteiger partial charge in [0.1, 0.15) is 6.54 Å². The van der Waals surface area contributed by atoms with Gasteiger partial charge in [0.2, 0.25) is 5.91 Å². The van der Waals surface area contributed by atoms with Crippen LogP contribution in [0.25, 0.3) is 0 Å². The smallest absolute Gasteiger partial charge is 0.325 e. The number of hydrogen-bond acceptors (Lipinski definition) is 4. The lowest BCUT2D eigenvalue weighted by Gasteiger charge is -2.20. The fraction of sp³-hybridized carbons (Fsp3) is 0.278. The molecule has 1 aromatic heterocycles. The number of carbonyl (C=O) groups is 3. The molecule has 0 radical (unpaired) electrons. The van der Waals surface area contributed by atoms with Crippen molar-refractivity contribution in [2.24, 2.45) is 0 Å². The molecule has 1 unspecified atom stereocenters. The van der Waals surface area contributed by atoms with Gasteiger partial charge in [-0.2, -0.15) is 0 Å². The van der Waals surface area contributed by atoms with Crippen LogP contribution in [0.2, 0.25) is 0 Å². The van der Waals surface area contributed by atoms with E-state index in [1.807, 2.05) is 36.6 Å². The first-order chi connectivity index (χ1) is 11.9. The highest BCUT2D eigenvalue weighted by molar-refractivity contribution is 7.10. The minimum Gasteiger partial charge on any atom is -0.325 e. The number of thiophene rings is 1. The van der Waals surface area contributed by atoms with Gasteiger partial charge < -0.3 is 10.6 Å². The maximum atomic E-state index is 12.7. The van der Waals surface area contributed by atoms with E-state index in [4.69, 9.17) is 0 Å². The highest BCUT2D eigenvalue weighted by Gasteiger charge is 2.50. The molecule has 1 aliphatic rings. The van der Waals surface area contributed by atoms with Crippen LogP contribution >= 0.6 is 11.3 Å². The maximum absolute atomic E-state index is 12.7. The molecule has 1 aliphatic heterocycles. The van der Waals surface area contributed by atoms with Crippen molar-refractivity contribution in [3.8, 4) is 0 Å². The Morgan fingerprint density at radius 1 is 1.28 bits per heavy atom. The van der Waals surface area contributed by atoms with Gasteiger partial charge in [-0.3, -0.25) is 14.5 Å². The molecule has 3 rings (SSSR count). The SMILES string of the molecule is CCc1cccc(NC(=O)CN2C(=O)NC(C)(c3cccs3)C2=O)c1. The van der Waals surface area contributed by atoms with Gasteiger partial charge in [-0.05, 0) is 42.5 Å². The molecular weight excluding hydrogens is 338 g/mol. The fourth-order valence-corrected chi connectivity index (χ4v) is 3.62. The van der Waals surface area contributed by atoms with E-state index in [-0.39, 0.29) is 6.54 Å². The zero-order chi connectivity index (χ0) is 18.0. The van der Waals surface area contributed by atoms with Gasteiger partial charge in [0.15, 0.2) is 5.54 Å². The first kappa shape index (κ1) is 17.2. The summed E-state index contributed by atoms with van der Waals surface area (Å²) in [6, 6.07) is 10.5. The molecule has 0 aliphatic carbocycles. The van der Waals surface area contributed by atoms with Gasteiger partial charge in [-0.15, -0.1) is 11.3 Å². The zero-order valence-electron chi connectivity index (χ0n) is 14.0. The predicted octanol–water partition coefficient (Wildman–Crippen LogP) is 2.72. The van der Waals surface area contributed by atoms with Crippen molar-refractivity contribution >= 4 is 34.9 Å². The summed E-state index contributed by atoms with van der Waals surface area (Å²) in [6.07, 6.45) is 0.857. The summed E-state index contributed by atoms with van der Waals surface area (Å²) in [4.78, 5) is 38.9. The van der Waals surface area contributed by atoms with Crippen LogP contribution < -0.4 is 10.6 Å². The normalized spacial score (nSPS) is 19.8. The van der Waals surface area contributed by atoms with Crippen LogP contribution in [0, 0.1) is 0 Å². The minimum atomic E-state index is -1.12. The lowest BCUT2D eigenvalue weighted by atomic mass is 10.0. The van der Waals surface area contributed by atoms with Crippen LogP contribution in [0.5, 0.6) is 0 Å². The molecule has 1 fully saturated rings. The number of anilines is 1. The van der Waals surface area contributed by atoms with E-state index in [1.54, 1.807) is 19.1 Å². The summed E-state index contributed by atoms with van der Waals surface area (Å²) in [6.45, 7) is 3.36. The van der Waals surface area contributed by atoms with Crippen molar-refractivity contribution in [1.29, 1.82) is 0 Å².